The van der Waals surface area contributed by atoms with Gasteiger partial charge >= 0.3 is 0 Å². The van der Waals surface area contributed by atoms with Crippen LogP contribution >= 0.6 is 11.3 Å². The maximum atomic E-state index is 13.3. The van der Waals surface area contributed by atoms with Crippen molar-refractivity contribution in [2.24, 2.45) is 0 Å². The summed E-state index contributed by atoms with van der Waals surface area (Å²) in [7, 11) is 0. The summed E-state index contributed by atoms with van der Waals surface area (Å²) in [5.74, 6) is -0.655. The Morgan fingerprint density at radius 1 is 1.11 bits per heavy atom. The number of amides is 1. The Morgan fingerprint density at radius 3 is 2.61 bits per heavy atom. The SMILES string of the molecule is O=C(NCCc1cccs1)c1nnn(-c2ccc(F)cc2)c1-c1ccncc1. The van der Waals surface area contributed by atoms with E-state index in [1.54, 1.807) is 48.0 Å². The number of nitrogens with zero attached hydrogens (tertiary/aromatic N) is 4. The second-order valence-electron chi connectivity index (χ2n) is 6.00. The first-order chi connectivity index (χ1) is 13.7. The lowest BCUT2D eigenvalue weighted by molar-refractivity contribution is 0.0950. The van der Waals surface area contributed by atoms with Crippen molar-refractivity contribution in [3.8, 4) is 16.9 Å². The van der Waals surface area contributed by atoms with Crippen molar-refractivity contribution in [2.75, 3.05) is 6.54 Å². The molecule has 1 N–H and O–H groups in total. The van der Waals surface area contributed by atoms with Gasteiger partial charge in [0.15, 0.2) is 5.69 Å². The molecule has 0 aliphatic carbocycles. The van der Waals surface area contributed by atoms with Crippen molar-refractivity contribution in [3.05, 3.63) is 82.7 Å². The number of aromatic nitrogens is 4. The molecule has 8 heteroatoms. The first kappa shape index (κ1) is 18.0. The lowest BCUT2D eigenvalue weighted by Gasteiger charge is -2.09. The highest BCUT2D eigenvalue weighted by Gasteiger charge is 2.22. The molecule has 0 aliphatic rings. The molecule has 0 unspecified atom stereocenters. The third-order valence-corrected chi connectivity index (χ3v) is 5.08. The topological polar surface area (TPSA) is 72.7 Å². The molecule has 28 heavy (non-hydrogen) atoms. The number of thiophene rings is 1. The van der Waals surface area contributed by atoms with Crippen LogP contribution in [0.1, 0.15) is 15.4 Å². The zero-order chi connectivity index (χ0) is 19.3. The van der Waals surface area contributed by atoms with E-state index in [9.17, 15) is 9.18 Å². The van der Waals surface area contributed by atoms with Gasteiger partial charge in [-0.2, -0.15) is 0 Å². The van der Waals surface area contributed by atoms with Crippen LogP contribution in [0.3, 0.4) is 0 Å². The summed E-state index contributed by atoms with van der Waals surface area (Å²) in [6, 6.07) is 13.4. The maximum absolute atomic E-state index is 13.3. The molecule has 0 saturated heterocycles. The highest BCUT2D eigenvalue weighted by atomic mass is 32.1. The molecular weight excluding hydrogens is 377 g/mol. The average Bonchev–Trinajstić information content (AvgIpc) is 3.39. The summed E-state index contributed by atoms with van der Waals surface area (Å²) >= 11 is 1.65. The van der Waals surface area contributed by atoms with Crippen molar-refractivity contribution in [1.29, 1.82) is 0 Å². The first-order valence-corrected chi connectivity index (χ1v) is 9.53. The van der Waals surface area contributed by atoms with Gasteiger partial charge in [0.2, 0.25) is 0 Å². The standard InChI is InChI=1S/C20H16FN5OS/c21-15-3-5-16(6-4-15)26-19(14-7-10-22-11-8-14)18(24-25-26)20(27)23-12-9-17-2-1-13-28-17/h1-8,10-11,13H,9,12H2,(H,23,27). The third kappa shape index (κ3) is 3.81. The zero-order valence-electron chi connectivity index (χ0n) is 14.7. The predicted octanol–water partition coefficient (Wildman–Crippen LogP) is 3.50. The van der Waals surface area contributed by atoms with E-state index in [0.29, 0.717) is 17.9 Å². The van der Waals surface area contributed by atoms with Gasteiger partial charge in [-0.3, -0.25) is 9.78 Å². The van der Waals surface area contributed by atoms with Gasteiger partial charge in [0.25, 0.3) is 5.91 Å². The molecule has 0 radical (unpaired) electrons. The summed E-state index contributed by atoms with van der Waals surface area (Å²) in [4.78, 5) is 18.0. The van der Waals surface area contributed by atoms with Crippen LogP contribution in [0, 0.1) is 5.82 Å². The molecule has 1 aromatic carbocycles. The van der Waals surface area contributed by atoms with Crippen LogP contribution in [0.5, 0.6) is 0 Å². The smallest absolute Gasteiger partial charge is 0.274 e. The second kappa shape index (κ2) is 8.10. The Bertz CT molecular complexity index is 1060. The molecule has 3 aromatic heterocycles. The fourth-order valence-electron chi connectivity index (χ4n) is 2.80. The lowest BCUT2D eigenvalue weighted by atomic mass is 10.1. The van der Waals surface area contributed by atoms with Gasteiger partial charge in [0.1, 0.15) is 11.5 Å². The third-order valence-electron chi connectivity index (χ3n) is 4.15. The normalized spacial score (nSPS) is 10.8. The number of nitrogens with one attached hydrogen (secondary N) is 1. The van der Waals surface area contributed by atoms with Crippen LogP contribution in [0.15, 0.2) is 66.3 Å². The molecule has 3 heterocycles. The van der Waals surface area contributed by atoms with Gasteiger partial charge in [-0.1, -0.05) is 11.3 Å². The maximum Gasteiger partial charge on any atom is 0.274 e. The minimum absolute atomic E-state index is 0.210. The highest BCUT2D eigenvalue weighted by Crippen LogP contribution is 2.25. The van der Waals surface area contributed by atoms with E-state index >= 15 is 0 Å². The average molecular weight is 393 g/mol. The molecule has 0 saturated carbocycles. The van der Waals surface area contributed by atoms with E-state index in [2.05, 4.69) is 20.6 Å². The molecule has 4 rings (SSSR count). The minimum atomic E-state index is -0.346. The number of hydrogen-bond acceptors (Lipinski definition) is 5. The van der Waals surface area contributed by atoms with E-state index in [0.717, 1.165) is 12.0 Å². The molecule has 0 aliphatic heterocycles. The Hall–Kier alpha value is -3.39. The van der Waals surface area contributed by atoms with E-state index in [4.69, 9.17) is 0 Å². The predicted molar refractivity (Wildman–Crippen MR) is 105 cm³/mol. The molecule has 0 atom stereocenters. The summed E-state index contributed by atoms with van der Waals surface area (Å²) < 4.78 is 14.8. The fourth-order valence-corrected chi connectivity index (χ4v) is 3.51. The minimum Gasteiger partial charge on any atom is -0.350 e. The molecular formula is C20H16FN5OS. The molecule has 1 amide bonds. The number of halogens is 1. The van der Waals surface area contributed by atoms with Gasteiger partial charge in [0.05, 0.1) is 5.69 Å². The molecule has 0 spiro atoms. The molecule has 4 aromatic rings. The monoisotopic (exact) mass is 393 g/mol. The van der Waals surface area contributed by atoms with Crippen molar-refractivity contribution in [2.45, 2.75) is 6.42 Å². The van der Waals surface area contributed by atoms with Crippen molar-refractivity contribution in [1.82, 2.24) is 25.3 Å². The molecule has 6 nitrogen and oxygen atoms in total. The van der Waals surface area contributed by atoms with Crippen molar-refractivity contribution < 1.29 is 9.18 Å². The number of benzene rings is 1. The Kier molecular flexibility index (Phi) is 5.20. The quantitative estimate of drug-likeness (QED) is 0.544. The number of carbonyl (C=O) groups is 1. The molecule has 0 fully saturated rings. The zero-order valence-corrected chi connectivity index (χ0v) is 15.6. The van der Waals surface area contributed by atoms with Crippen molar-refractivity contribution >= 4 is 17.2 Å². The Morgan fingerprint density at radius 2 is 1.89 bits per heavy atom. The van der Waals surface area contributed by atoms with E-state index in [-0.39, 0.29) is 17.4 Å². The molecule has 140 valence electrons. The summed E-state index contributed by atoms with van der Waals surface area (Å²) in [5.41, 5.74) is 2.09. The fraction of sp³-hybridized carbons (Fsp3) is 0.100. The van der Waals surface area contributed by atoms with E-state index < -0.39 is 0 Å². The second-order valence-corrected chi connectivity index (χ2v) is 7.03. The van der Waals surface area contributed by atoms with E-state index in [1.165, 1.54) is 21.7 Å². The van der Waals surface area contributed by atoms with Gasteiger partial charge < -0.3 is 5.32 Å². The Balaban J connectivity index is 1.65. The van der Waals surface area contributed by atoms with Crippen LogP contribution in [0.2, 0.25) is 0 Å². The number of pyridine rings is 1. The Labute approximate surface area is 164 Å². The summed E-state index contributed by atoms with van der Waals surface area (Å²) in [5, 5.41) is 13.1. The van der Waals surface area contributed by atoms with Gasteiger partial charge in [0, 0.05) is 29.4 Å². The van der Waals surface area contributed by atoms with Crippen LogP contribution in [-0.2, 0) is 6.42 Å². The lowest BCUT2D eigenvalue weighted by Crippen LogP contribution is -2.26. The first-order valence-electron chi connectivity index (χ1n) is 8.65. The van der Waals surface area contributed by atoms with Crippen LogP contribution in [0.4, 0.5) is 4.39 Å². The number of hydrogen-bond donors (Lipinski definition) is 1. The molecule has 0 bridgehead atoms. The number of rotatable bonds is 6. The largest absolute Gasteiger partial charge is 0.350 e. The van der Waals surface area contributed by atoms with Gasteiger partial charge in [-0.25, -0.2) is 9.07 Å². The van der Waals surface area contributed by atoms with Gasteiger partial charge in [-0.05, 0) is 54.3 Å². The van der Waals surface area contributed by atoms with Crippen LogP contribution in [0.25, 0.3) is 16.9 Å². The van der Waals surface area contributed by atoms with Crippen LogP contribution in [-0.4, -0.2) is 32.4 Å². The van der Waals surface area contributed by atoms with E-state index in [1.807, 2.05) is 17.5 Å². The summed E-state index contributed by atoms with van der Waals surface area (Å²) in [6.45, 7) is 0.499. The van der Waals surface area contributed by atoms with Crippen LogP contribution < -0.4 is 5.32 Å². The van der Waals surface area contributed by atoms with Crippen molar-refractivity contribution in [3.63, 3.8) is 0 Å². The summed E-state index contributed by atoms with van der Waals surface area (Å²) in [6.07, 6.45) is 4.02. The van der Waals surface area contributed by atoms with Gasteiger partial charge in [-0.15, -0.1) is 16.4 Å². The number of carbonyl (C=O) groups excluding carboxylic acids is 1. The highest BCUT2D eigenvalue weighted by molar-refractivity contribution is 7.09.